The topological polar surface area (TPSA) is 64.0 Å². The Morgan fingerprint density at radius 3 is 2.53 bits per heavy atom. The molecule has 1 N–H and O–H groups in total. The number of benzene rings is 2. The van der Waals surface area contributed by atoms with Gasteiger partial charge in [0.2, 0.25) is 0 Å². The van der Waals surface area contributed by atoms with Crippen molar-refractivity contribution in [3.63, 3.8) is 0 Å². The van der Waals surface area contributed by atoms with Crippen LogP contribution >= 0.6 is 0 Å². The molecular weight excluding hydrogens is 388 g/mol. The second-order valence-corrected chi connectivity index (χ2v) is 6.87. The fourth-order valence-corrected chi connectivity index (χ4v) is 3.21. The van der Waals surface area contributed by atoms with Gasteiger partial charge in [-0.1, -0.05) is 30.3 Å². The maximum atomic E-state index is 13.4. The van der Waals surface area contributed by atoms with Crippen molar-refractivity contribution in [3.8, 4) is 0 Å². The second kappa shape index (κ2) is 7.87. The third kappa shape index (κ3) is 3.82. The molecule has 0 saturated carbocycles. The van der Waals surface area contributed by atoms with Crippen LogP contribution in [0.15, 0.2) is 71.7 Å². The van der Waals surface area contributed by atoms with Gasteiger partial charge in [-0.3, -0.25) is 14.6 Å². The second-order valence-electron chi connectivity index (χ2n) is 6.87. The molecule has 1 amide bonds. The van der Waals surface area contributed by atoms with Crippen molar-refractivity contribution < 1.29 is 13.6 Å². The predicted octanol–water partition coefficient (Wildman–Crippen LogP) is 4.28. The van der Waals surface area contributed by atoms with Gasteiger partial charge in [0, 0.05) is 18.0 Å². The summed E-state index contributed by atoms with van der Waals surface area (Å²) in [6.07, 6.45) is 1.67. The van der Waals surface area contributed by atoms with Gasteiger partial charge >= 0.3 is 0 Å². The zero-order valence-corrected chi connectivity index (χ0v) is 16.0. The Balaban J connectivity index is 1.70. The van der Waals surface area contributed by atoms with Crippen LogP contribution in [0.3, 0.4) is 0 Å². The van der Waals surface area contributed by atoms with Crippen LogP contribution in [0.25, 0.3) is 10.9 Å². The monoisotopic (exact) mass is 405 g/mol. The van der Waals surface area contributed by atoms with Crippen LogP contribution in [0.5, 0.6) is 0 Å². The summed E-state index contributed by atoms with van der Waals surface area (Å²) >= 11 is 0. The number of aryl methyl sites for hydroxylation is 1. The van der Waals surface area contributed by atoms with E-state index in [-0.39, 0.29) is 16.8 Å². The Kier molecular flexibility index (Phi) is 5.10. The first-order valence-corrected chi connectivity index (χ1v) is 9.23. The lowest BCUT2D eigenvalue weighted by Crippen LogP contribution is -2.22. The molecule has 0 atom stereocenters. The first-order valence-electron chi connectivity index (χ1n) is 9.23. The largest absolute Gasteiger partial charge is 0.322 e. The minimum atomic E-state index is -1.06. The van der Waals surface area contributed by atoms with Gasteiger partial charge in [0.15, 0.2) is 11.6 Å². The molecule has 0 unspecified atom stereocenters. The van der Waals surface area contributed by atoms with Crippen molar-refractivity contribution in [2.24, 2.45) is 0 Å². The maximum Gasteiger partial charge on any atom is 0.260 e. The van der Waals surface area contributed by atoms with Crippen LogP contribution in [0.4, 0.5) is 14.5 Å². The lowest BCUT2D eigenvalue weighted by atomic mass is 10.1. The summed E-state index contributed by atoms with van der Waals surface area (Å²) in [4.78, 5) is 30.0. The summed E-state index contributed by atoms with van der Waals surface area (Å²) in [5, 5.41) is 2.81. The first kappa shape index (κ1) is 19.4. The molecule has 4 aromatic rings. The number of rotatable bonds is 4. The summed E-state index contributed by atoms with van der Waals surface area (Å²) in [5.74, 6) is -2.63. The van der Waals surface area contributed by atoms with E-state index in [1.165, 1.54) is 12.1 Å². The Labute approximate surface area is 170 Å². The molecule has 0 aliphatic carbocycles. The van der Waals surface area contributed by atoms with Gasteiger partial charge in [-0.15, -0.1) is 0 Å². The van der Waals surface area contributed by atoms with E-state index in [1.807, 2.05) is 30.3 Å². The van der Waals surface area contributed by atoms with E-state index < -0.39 is 17.5 Å². The van der Waals surface area contributed by atoms with E-state index in [0.29, 0.717) is 23.1 Å². The lowest BCUT2D eigenvalue weighted by molar-refractivity contribution is 0.102. The molecule has 2 aromatic carbocycles. The molecule has 0 aliphatic heterocycles. The van der Waals surface area contributed by atoms with Crippen LogP contribution in [0, 0.1) is 18.6 Å². The van der Waals surface area contributed by atoms with Gasteiger partial charge in [-0.05, 0) is 36.8 Å². The molecule has 2 heterocycles. The first-order chi connectivity index (χ1) is 14.4. The fraction of sp³-hybridized carbons (Fsp3) is 0.0870. The minimum Gasteiger partial charge on any atom is -0.322 e. The normalized spacial score (nSPS) is 10.9. The van der Waals surface area contributed by atoms with Crippen LogP contribution in [0.1, 0.15) is 21.6 Å². The van der Waals surface area contributed by atoms with Gasteiger partial charge in [-0.2, -0.15) is 0 Å². The SMILES string of the molecule is Cc1nc2ccn(Cc3ccccc3)c(=O)c2cc1C(=O)Nc1ccc(F)c(F)c1. The number of nitrogens with one attached hydrogen (secondary N) is 1. The number of carbonyl (C=O) groups excluding carboxylic acids is 1. The predicted molar refractivity (Wildman–Crippen MR) is 111 cm³/mol. The lowest BCUT2D eigenvalue weighted by Gasteiger charge is -2.11. The standard InChI is InChI=1S/C23H17F2N3O2/c1-14-17(22(29)27-16-7-8-19(24)20(25)11-16)12-18-21(26-14)9-10-28(23(18)30)13-15-5-3-2-4-6-15/h2-12H,13H2,1H3,(H,27,29). The highest BCUT2D eigenvalue weighted by molar-refractivity contribution is 6.06. The molecule has 2 aromatic heterocycles. The number of anilines is 1. The summed E-state index contributed by atoms with van der Waals surface area (Å²) in [7, 11) is 0. The van der Waals surface area contributed by atoms with Crippen molar-refractivity contribution in [3.05, 3.63) is 106 Å². The van der Waals surface area contributed by atoms with Gasteiger partial charge in [0.1, 0.15) is 0 Å². The van der Waals surface area contributed by atoms with E-state index in [4.69, 9.17) is 0 Å². The molecule has 4 rings (SSSR count). The van der Waals surface area contributed by atoms with Gasteiger partial charge < -0.3 is 9.88 Å². The molecule has 7 heteroatoms. The summed E-state index contributed by atoms with van der Waals surface area (Å²) in [6, 6.07) is 15.8. The zero-order chi connectivity index (χ0) is 21.3. The molecular formula is C23H17F2N3O2. The summed E-state index contributed by atoms with van der Waals surface area (Å²) < 4.78 is 28.1. The van der Waals surface area contributed by atoms with Crippen molar-refractivity contribution >= 4 is 22.5 Å². The van der Waals surface area contributed by atoms with Crippen LogP contribution in [-0.4, -0.2) is 15.5 Å². The third-order valence-electron chi connectivity index (χ3n) is 4.76. The van der Waals surface area contributed by atoms with Crippen molar-refractivity contribution in [2.75, 3.05) is 5.32 Å². The van der Waals surface area contributed by atoms with Crippen molar-refractivity contribution in [1.29, 1.82) is 0 Å². The number of aromatic nitrogens is 2. The van der Waals surface area contributed by atoms with E-state index in [2.05, 4.69) is 10.3 Å². The Morgan fingerprint density at radius 1 is 1.03 bits per heavy atom. The highest BCUT2D eigenvalue weighted by atomic mass is 19.2. The minimum absolute atomic E-state index is 0.105. The van der Waals surface area contributed by atoms with Crippen LogP contribution < -0.4 is 10.9 Å². The van der Waals surface area contributed by atoms with Crippen molar-refractivity contribution in [1.82, 2.24) is 9.55 Å². The zero-order valence-electron chi connectivity index (χ0n) is 16.0. The fourth-order valence-electron chi connectivity index (χ4n) is 3.21. The Hall–Kier alpha value is -3.87. The van der Waals surface area contributed by atoms with Gasteiger partial charge in [-0.25, -0.2) is 8.78 Å². The van der Waals surface area contributed by atoms with Gasteiger partial charge in [0.05, 0.1) is 28.7 Å². The quantitative estimate of drug-likeness (QED) is 0.551. The van der Waals surface area contributed by atoms with Crippen molar-refractivity contribution in [2.45, 2.75) is 13.5 Å². The molecule has 5 nitrogen and oxygen atoms in total. The molecule has 0 spiro atoms. The van der Waals surface area contributed by atoms with E-state index in [0.717, 1.165) is 17.7 Å². The highest BCUT2D eigenvalue weighted by Gasteiger charge is 2.15. The Bertz CT molecular complexity index is 1320. The van der Waals surface area contributed by atoms with E-state index >= 15 is 0 Å². The van der Waals surface area contributed by atoms with Gasteiger partial charge in [0.25, 0.3) is 11.5 Å². The summed E-state index contributed by atoms with van der Waals surface area (Å²) in [5.41, 5.74) is 1.88. The number of hydrogen-bond acceptors (Lipinski definition) is 3. The van der Waals surface area contributed by atoms with Crippen LogP contribution in [-0.2, 0) is 6.54 Å². The molecule has 0 fully saturated rings. The average molecular weight is 405 g/mol. The molecule has 0 bridgehead atoms. The number of carbonyl (C=O) groups is 1. The molecule has 0 aliphatic rings. The number of hydrogen-bond donors (Lipinski definition) is 1. The summed E-state index contributed by atoms with van der Waals surface area (Å²) in [6.45, 7) is 2.04. The Morgan fingerprint density at radius 2 is 1.80 bits per heavy atom. The molecule has 150 valence electrons. The number of amides is 1. The number of fused-ring (bicyclic) bond motifs is 1. The third-order valence-corrected chi connectivity index (χ3v) is 4.76. The van der Waals surface area contributed by atoms with E-state index in [1.54, 1.807) is 23.8 Å². The van der Waals surface area contributed by atoms with E-state index in [9.17, 15) is 18.4 Å². The molecule has 0 radical (unpaired) electrons. The number of halogens is 2. The maximum absolute atomic E-state index is 13.4. The van der Waals surface area contributed by atoms with Crippen LogP contribution in [0.2, 0.25) is 0 Å². The number of nitrogens with zero attached hydrogens (tertiary/aromatic N) is 2. The number of pyridine rings is 2. The molecule has 30 heavy (non-hydrogen) atoms. The highest BCUT2D eigenvalue weighted by Crippen LogP contribution is 2.18. The smallest absolute Gasteiger partial charge is 0.260 e. The average Bonchev–Trinajstić information content (AvgIpc) is 2.73. The molecule has 0 saturated heterocycles.